The van der Waals surface area contributed by atoms with Crippen LogP contribution in [0, 0.1) is 0 Å². The Morgan fingerprint density at radius 3 is 2.27 bits per heavy atom. The molecule has 0 amide bonds. The Hall–Kier alpha value is -4.04. The number of anilines is 1. The van der Waals surface area contributed by atoms with E-state index in [-0.39, 0.29) is 0 Å². The molecule has 1 fully saturated rings. The van der Waals surface area contributed by atoms with Crippen molar-refractivity contribution in [1.29, 1.82) is 0 Å². The first-order chi connectivity index (χ1) is 21.4. The van der Waals surface area contributed by atoms with Crippen molar-refractivity contribution in [1.82, 2.24) is 9.80 Å². The Morgan fingerprint density at radius 1 is 0.864 bits per heavy atom. The highest BCUT2D eigenvalue weighted by Crippen LogP contribution is 2.31. The number of hydrogen-bond acceptors (Lipinski definition) is 7. The molecule has 4 aromatic carbocycles. The molecule has 8 heteroatoms. The van der Waals surface area contributed by atoms with E-state index < -0.39 is 5.97 Å². The van der Waals surface area contributed by atoms with Crippen LogP contribution in [-0.2, 0) is 11.3 Å². The molecule has 1 aliphatic rings. The SMILES string of the molecule is COC(=O)c1ccccc1Oc1ccc(N2CCN(Cc3cc(OCCCN(C)C)ccc3-c3ccc(Cl)cc3)CC2)cc1. The third kappa shape index (κ3) is 8.32. The maximum Gasteiger partial charge on any atom is 0.341 e. The third-order valence-corrected chi connectivity index (χ3v) is 7.99. The lowest BCUT2D eigenvalue weighted by Crippen LogP contribution is -2.46. The maximum atomic E-state index is 12.1. The predicted octanol–water partition coefficient (Wildman–Crippen LogP) is 7.24. The van der Waals surface area contributed by atoms with Gasteiger partial charge in [0.1, 0.15) is 22.8 Å². The molecule has 5 rings (SSSR count). The lowest BCUT2D eigenvalue weighted by Gasteiger charge is -2.36. The lowest BCUT2D eigenvalue weighted by molar-refractivity contribution is 0.0598. The number of nitrogens with zero attached hydrogens (tertiary/aromatic N) is 3. The van der Waals surface area contributed by atoms with Crippen LogP contribution in [0.2, 0.25) is 5.02 Å². The topological polar surface area (TPSA) is 54.5 Å². The number of hydrogen-bond donors (Lipinski definition) is 0. The quantitative estimate of drug-likeness (QED) is 0.123. The molecule has 0 bridgehead atoms. The minimum atomic E-state index is -0.422. The number of carbonyl (C=O) groups is 1. The molecule has 0 spiro atoms. The largest absolute Gasteiger partial charge is 0.494 e. The molecule has 0 aliphatic carbocycles. The predicted molar refractivity (Wildman–Crippen MR) is 177 cm³/mol. The van der Waals surface area contributed by atoms with Crippen molar-refractivity contribution in [3.8, 4) is 28.4 Å². The van der Waals surface area contributed by atoms with Crippen LogP contribution in [0.3, 0.4) is 0 Å². The highest BCUT2D eigenvalue weighted by molar-refractivity contribution is 6.30. The fourth-order valence-corrected chi connectivity index (χ4v) is 5.49. The Bertz CT molecular complexity index is 1520. The molecule has 44 heavy (non-hydrogen) atoms. The van der Waals surface area contributed by atoms with Gasteiger partial charge in [0.2, 0.25) is 0 Å². The van der Waals surface area contributed by atoms with Gasteiger partial charge in [0.25, 0.3) is 0 Å². The standard InChI is InChI=1S/C36H40ClN3O4/c1-38(2)19-6-24-43-32-17-18-33(27-9-11-29(37)12-10-27)28(25-32)26-39-20-22-40(23-21-39)30-13-15-31(16-14-30)44-35-8-5-4-7-34(35)36(41)42-3/h4-5,7-18,25H,6,19-24,26H2,1-3H3. The second-order valence-electron chi connectivity index (χ2n) is 11.2. The second-order valence-corrected chi connectivity index (χ2v) is 11.6. The van der Waals surface area contributed by atoms with Gasteiger partial charge in [0, 0.05) is 50.0 Å². The highest BCUT2D eigenvalue weighted by atomic mass is 35.5. The molecule has 0 radical (unpaired) electrons. The minimum absolute atomic E-state index is 0.399. The zero-order chi connectivity index (χ0) is 30.9. The lowest BCUT2D eigenvalue weighted by atomic mass is 9.98. The zero-order valence-electron chi connectivity index (χ0n) is 25.7. The number of piperazine rings is 1. The van der Waals surface area contributed by atoms with Crippen molar-refractivity contribution >= 4 is 23.3 Å². The van der Waals surface area contributed by atoms with E-state index >= 15 is 0 Å². The van der Waals surface area contributed by atoms with Gasteiger partial charge in [-0.1, -0.05) is 41.9 Å². The summed E-state index contributed by atoms with van der Waals surface area (Å²) in [6.45, 7) is 6.26. The number of methoxy groups -OCH3 is 1. The Balaban J connectivity index is 1.22. The monoisotopic (exact) mass is 613 g/mol. The summed E-state index contributed by atoms with van der Waals surface area (Å²) < 4.78 is 17.0. The van der Waals surface area contributed by atoms with Crippen LogP contribution in [0.1, 0.15) is 22.3 Å². The van der Waals surface area contributed by atoms with Crippen molar-refractivity contribution < 1.29 is 19.0 Å². The van der Waals surface area contributed by atoms with Crippen LogP contribution in [0.5, 0.6) is 17.2 Å². The first-order valence-electron chi connectivity index (χ1n) is 15.0. The molecule has 4 aromatic rings. The Morgan fingerprint density at radius 2 is 1.57 bits per heavy atom. The van der Waals surface area contributed by atoms with Crippen molar-refractivity contribution in [2.75, 3.05) is 65.4 Å². The number of para-hydroxylation sites is 1. The van der Waals surface area contributed by atoms with E-state index in [1.165, 1.54) is 18.2 Å². The number of esters is 1. The molecule has 7 nitrogen and oxygen atoms in total. The summed E-state index contributed by atoms with van der Waals surface area (Å²) in [6, 6.07) is 29.6. The third-order valence-electron chi connectivity index (χ3n) is 7.74. The number of rotatable bonds is 12. The number of benzene rings is 4. The van der Waals surface area contributed by atoms with Gasteiger partial charge in [-0.15, -0.1) is 0 Å². The summed E-state index contributed by atoms with van der Waals surface area (Å²) in [7, 11) is 5.53. The van der Waals surface area contributed by atoms with E-state index in [9.17, 15) is 4.79 Å². The van der Waals surface area contributed by atoms with Gasteiger partial charge in [-0.05, 0) is 97.9 Å². The van der Waals surface area contributed by atoms with E-state index in [2.05, 4.69) is 71.3 Å². The van der Waals surface area contributed by atoms with Crippen LogP contribution in [0.4, 0.5) is 5.69 Å². The molecular weight excluding hydrogens is 574 g/mol. The van der Waals surface area contributed by atoms with E-state index in [0.717, 1.165) is 67.7 Å². The van der Waals surface area contributed by atoms with Crippen molar-refractivity contribution in [3.63, 3.8) is 0 Å². The van der Waals surface area contributed by atoms with E-state index in [1.54, 1.807) is 18.2 Å². The van der Waals surface area contributed by atoms with Gasteiger partial charge in [-0.3, -0.25) is 4.90 Å². The zero-order valence-corrected chi connectivity index (χ0v) is 26.4. The van der Waals surface area contributed by atoms with Gasteiger partial charge in [-0.2, -0.15) is 0 Å². The summed E-state index contributed by atoms with van der Waals surface area (Å²) in [5, 5.41) is 0.734. The van der Waals surface area contributed by atoms with Crippen molar-refractivity contribution in [3.05, 3.63) is 107 Å². The van der Waals surface area contributed by atoms with Crippen LogP contribution in [0.15, 0.2) is 91.0 Å². The number of carbonyl (C=O) groups excluding carboxylic acids is 1. The van der Waals surface area contributed by atoms with E-state index in [0.29, 0.717) is 23.7 Å². The smallest absolute Gasteiger partial charge is 0.341 e. The molecule has 0 aromatic heterocycles. The fraction of sp³-hybridized carbons (Fsp3) is 0.306. The average Bonchev–Trinajstić information content (AvgIpc) is 3.04. The minimum Gasteiger partial charge on any atom is -0.494 e. The van der Waals surface area contributed by atoms with Crippen LogP contribution >= 0.6 is 11.6 Å². The van der Waals surface area contributed by atoms with Crippen LogP contribution in [0.25, 0.3) is 11.1 Å². The number of halogens is 1. The average molecular weight is 614 g/mol. The van der Waals surface area contributed by atoms with Gasteiger partial charge < -0.3 is 24.0 Å². The number of ether oxygens (including phenoxy) is 3. The molecule has 1 heterocycles. The van der Waals surface area contributed by atoms with E-state index in [1.807, 2.05) is 30.3 Å². The molecule has 0 unspecified atom stereocenters. The van der Waals surface area contributed by atoms with Crippen molar-refractivity contribution in [2.45, 2.75) is 13.0 Å². The van der Waals surface area contributed by atoms with Crippen LogP contribution in [-0.4, -0.2) is 76.3 Å². The molecule has 230 valence electrons. The van der Waals surface area contributed by atoms with Gasteiger partial charge in [0.05, 0.1) is 13.7 Å². The Labute approximate surface area is 265 Å². The Kier molecular flexibility index (Phi) is 10.8. The summed E-state index contributed by atoms with van der Waals surface area (Å²) in [4.78, 5) is 19.2. The first kappa shape index (κ1) is 31.4. The normalized spacial score (nSPS) is 13.6. The molecule has 0 saturated carbocycles. The molecule has 0 N–H and O–H groups in total. The molecule has 1 saturated heterocycles. The van der Waals surface area contributed by atoms with Gasteiger partial charge in [-0.25, -0.2) is 4.79 Å². The maximum absolute atomic E-state index is 12.1. The molecular formula is C36H40ClN3O4. The van der Waals surface area contributed by atoms with Gasteiger partial charge >= 0.3 is 5.97 Å². The molecule has 1 aliphatic heterocycles. The second kappa shape index (κ2) is 15.1. The van der Waals surface area contributed by atoms with Gasteiger partial charge in [0.15, 0.2) is 0 Å². The fourth-order valence-electron chi connectivity index (χ4n) is 5.36. The summed E-state index contributed by atoms with van der Waals surface area (Å²) >= 11 is 6.19. The summed E-state index contributed by atoms with van der Waals surface area (Å²) in [5.41, 5.74) is 5.15. The van der Waals surface area contributed by atoms with Crippen LogP contribution < -0.4 is 14.4 Å². The van der Waals surface area contributed by atoms with Crippen molar-refractivity contribution in [2.24, 2.45) is 0 Å². The summed E-state index contributed by atoms with van der Waals surface area (Å²) in [5.74, 6) is 1.63. The highest BCUT2D eigenvalue weighted by Gasteiger charge is 2.20. The van der Waals surface area contributed by atoms with E-state index in [4.69, 9.17) is 25.8 Å². The first-order valence-corrected chi connectivity index (χ1v) is 15.4. The molecule has 0 atom stereocenters. The summed E-state index contributed by atoms with van der Waals surface area (Å²) in [6.07, 6.45) is 0.983.